The van der Waals surface area contributed by atoms with E-state index >= 15 is 0 Å². The molecule has 0 bridgehead atoms. The van der Waals surface area contributed by atoms with Crippen LogP contribution in [0, 0.1) is 6.92 Å². The summed E-state index contributed by atoms with van der Waals surface area (Å²) in [6.07, 6.45) is 0. The van der Waals surface area contributed by atoms with Crippen LogP contribution in [0.15, 0.2) is 28.8 Å². The highest BCUT2D eigenvalue weighted by Crippen LogP contribution is 2.16. The van der Waals surface area contributed by atoms with Crippen LogP contribution in [-0.4, -0.2) is 35.2 Å². The molecule has 0 saturated carbocycles. The Hall–Kier alpha value is -1.59. The third-order valence-electron chi connectivity index (χ3n) is 2.52. The summed E-state index contributed by atoms with van der Waals surface area (Å²) < 4.78 is 10.5. The van der Waals surface area contributed by atoms with E-state index in [-0.39, 0.29) is 0 Å². The van der Waals surface area contributed by atoms with Crippen molar-refractivity contribution in [2.75, 3.05) is 20.2 Å². The second kappa shape index (κ2) is 6.54. The summed E-state index contributed by atoms with van der Waals surface area (Å²) in [5.74, 6) is 2.04. The number of halogens is 1. The van der Waals surface area contributed by atoms with Crippen LogP contribution in [0.4, 0.5) is 0 Å². The first-order valence-corrected chi connectivity index (χ1v) is 6.37. The average Bonchev–Trinajstić information content (AvgIpc) is 2.75. The van der Waals surface area contributed by atoms with E-state index in [0.29, 0.717) is 29.9 Å². The molecule has 102 valence electrons. The van der Waals surface area contributed by atoms with Crippen molar-refractivity contribution in [2.45, 2.75) is 13.5 Å². The van der Waals surface area contributed by atoms with E-state index in [4.69, 9.17) is 20.9 Å². The third-order valence-corrected chi connectivity index (χ3v) is 2.75. The maximum atomic E-state index is 5.88. The molecule has 0 aliphatic heterocycles. The topological polar surface area (TPSA) is 51.4 Å². The quantitative estimate of drug-likeness (QED) is 0.814. The van der Waals surface area contributed by atoms with Crippen LogP contribution < -0.4 is 4.74 Å². The molecule has 0 aliphatic carbocycles. The Balaban J connectivity index is 1.73. The first-order valence-electron chi connectivity index (χ1n) is 5.99. The summed E-state index contributed by atoms with van der Waals surface area (Å²) in [5.41, 5.74) is 0. The van der Waals surface area contributed by atoms with Crippen molar-refractivity contribution in [3.8, 4) is 5.75 Å². The molecule has 0 fully saturated rings. The number of aryl methyl sites for hydroxylation is 1. The second-order valence-corrected chi connectivity index (χ2v) is 4.71. The van der Waals surface area contributed by atoms with Crippen LogP contribution in [0.5, 0.6) is 5.75 Å². The van der Waals surface area contributed by atoms with Gasteiger partial charge in [0.25, 0.3) is 0 Å². The number of rotatable bonds is 6. The molecular formula is C13H16ClN3O2. The molecule has 0 unspecified atom stereocenters. The molecule has 0 atom stereocenters. The van der Waals surface area contributed by atoms with Gasteiger partial charge in [0.1, 0.15) is 12.4 Å². The Morgan fingerprint density at radius 3 is 2.95 bits per heavy atom. The van der Waals surface area contributed by atoms with Crippen LogP contribution >= 0.6 is 11.6 Å². The molecular weight excluding hydrogens is 266 g/mol. The Kier molecular flexibility index (Phi) is 4.76. The van der Waals surface area contributed by atoms with Gasteiger partial charge >= 0.3 is 0 Å². The van der Waals surface area contributed by atoms with Crippen molar-refractivity contribution < 1.29 is 9.26 Å². The maximum absolute atomic E-state index is 5.88. The summed E-state index contributed by atoms with van der Waals surface area (Å²) in [6.45, 7) is 3.75. The summed E-state index contributed by atoms with van der Waals surface area (Å²) >= 11 is 5.88. The fourth-order valence-corrected chi connectivity index (χ4v) is 1.78. The van der Waals surface area contributed by atoms with Crippen LogP contribution in [0.3, 0.4) is 0 Å². The van der Waals surface area contributed by atoms with Gasteiger partial charge in [-0.05, 0) is 25.2 Å². The van der Waals surface area contributed by atoms with E-state index in [1.807, 2.05) is 25.2 Å². The first kappa shape index (κ1) is 13.8. The Morgan fingerprint density at radius 2 is 2.26 bits per heavy atom. The molecule has 1 aromatic heterocycles. The van der Waals surface area contributed by atoms with Gasteiger partial charge in [0, 0.05) is 18.5 Å². The van der Waals surface area contributed by atoms with E-state index in [0.717, 1.165) is 12.3 Å². The monoisotopic (exact) mass is 281 g/mol. The molecule has 5 nitrogen and oxygen atoms in total. The zero-order valence-electron chi connectivity index (χ0n) is 11.0. The van der Waals surface area contributed by atoms with Crippen molar-refractivity contribution in [3.63, 3.8) is 0 Å². The lowest BCUT2D eigenvalue weighted by molar-refractivity contribution is 0.227. The van der Waals surface area contributed by atoms with E-state index < -0.39 is 0 Å². The van der Waals surface area contributed by atoms with E-state index in [1.165, 1.54) is 0 Å². The van der Waals surface area contributed by atoms with Gasteiger partial charge in [-0.2, -0.15) is 4.98 Å². The lowest BCUT2D eigenvalue weighted by atomic mass is 10.3. The van der Waals surface area contributed by atoms with Crippen molar-refractivity contribution in [1.82, 2.24) is 15.0 Å². The number of aromatic nitrogens is 2. The van der Waals surface area contributed by atoms with Crippen molar-refractivity contribution in [3.05, 3.63) is 41.0 Å². The van der Waals surface area contributed by atoms with E-state index in [9.17, 15) is 0 Å². The number of benzene rings is 1. The summed E-state index contributed by atoms with van der Waals surface area (Å²) in [4.78, 5) is 6.22. The van der Waals surface area contributed by atoms with E-state index in [2.05, 4.69) is 15.0 Å². The predicted octanol–water partition coefficient (Wildman–Crippen LogP) is 2.54. The zero-order chi connectivity index (χ0) is 13.7. The number of ether oxygens (including phenoxy) is 1. The molecule has 0 saturated heterocycles. The molecule has 1 aromatic carbocycles. The highest BCUT2D eigenvalue weighted by atomic mass is 35.5. The molecule has 6 heteroatoms. The molecule has 19 heavy (non-hydrogen) atoms. The number of nitrogens with zero attached hydrogens (tertiary/aromatic N) is 3. The van der Waals surface area contributed by atoms with Crippen LogP contribution in [0.25, 0.3) is 0 Å². The number of hydrogen-bond acceptors (Lipinski definition) is 5. The SMILES string of the molecule is Cc1nc(CN(C)CCOc2cccc(Cl)c2)no1. The lowest BCUT2D eigenvalue weighted by Gasteiger charge is -2.14. The Labute approximate surface area is 117 Å². The van der Waals surface area contributed by atoms with Gasteiger partial charge in [0.05, 0.1) is 6.54 Å². The van der Waals surface area contributed by atoms with Gasteiger partial charge in [0.15, 0.2) is 5.82 Å². The largest absolute Gasteiger partial charge is 0.492 e. The Bertz CT molecular complexity index is 530. The predicted molar refractivity (Wildman–Crippen MR) is 72.3 cm³/mol. The van der Waals surface area contributed by atoms with Gasteiger partial charge < -0.3 is 9.26 Å². The molecule has 0 N–H and O–H groups in total. The van der Waals surface area contributed by atoms with Gasteiger partial charge in [0.2, 0.25) is 5.89 Å². The van der Waals surface area contributed by atoms with Crippen molar-refractivity contribution >= 4 is 11.6 Å². The van der Waals surface area contributed by atoms with Crippen LogP contribution in [-0.2, 0) is 6.54 Å². The molecule has 0 spiro atoms. The minimum Gasteiger partial charge on any atom is -0.492 e. The maximum Gasteiger partial charge on any atom is 0.223 e. The summed E-state index contributed by atoms with van der Waals surface area (Å²) in [6, 6.07) is 7.36. The summed E-state index contributed by atoms with van der Waals surface area (Å²) in [5, 5.41) is 4.52. The molecule has 0 amide bonds. The minimum atomic E-state index is 0.577. The number of hydrogen-bond donors (Lipinski definition) is 0. The smallest absolute Gasteiger partial charge is 0.223 e. The Morgan fingerprint density at radius 1 is 1.42 bits per heavy atom. The summed E-state index contributed by atoms with van der Waals surface area (Å²) in [7, 11) is 1.98. The lowest BCUT2D eigenvalue weighted by Crippen LogP contribution is -2.24. The van der Waals surface area contributed by atoms with Gasteiger partial charge in [-0.15, -0.1) is 0 Å². The fourth-order valence-electron chi connectivity index (χ4n) is 1.60. The van der Waals surface area contributed by atoms with Gasteiger partial charge in [-0.25, -0.2) is 0 Å². The highest BCUT2D eigenvalue weighted by Gasteiger charge is 2.06. The minimum absolute atomic E-state index is 0.577. The molecule has 0 radical (unpaired) electrons. The average molecular weight is 282 g/mol. The highest BCUT2D eigenvalue weighted by molar-refractivity contribution is 6.30. The zero-order valence-corrected chi connectivity index (χ0v) is 11.7. The molecule has 2 aromatic rings. The van der Waals surface area contributed by atoms with Crippen LogP contribution in [0.1, 0.15) is 11.7 Å². The van der Waals surface area contributed by atoms with E-state index in [1.54, 1.807) is 13.0 Å². The second-order valence-electron chi connectivity index (χ2n) is 4.27. The van der Waals surface area contributed by atoms with Crippen LogP contribution in [0.2, 0.25) is 5.02 Å². The molecule has 1 heterocycles. The molecule has 2 rings (SSSR count). The fraction of sp³-hybridized carbons (Fsp3) is 0.385. The number of likely N-dealkylation sites (N-methyl/N-ethyl adjacent to an activating group) is 1. The standard InChI is InChI=1S/C13H16ClN3O2/c1-10-15-13(16-19-10)9-17(2)6-7-18-12-5-3-4-11(14)8-12/h3-5,8H,6-7,9H2,1-2H3. The molecule has 0 aliphatic rings. The van der Waals surface area contributed by atoms with Crippen molar-refractivity contribution in [1.29, 1.82) is 0 Å². The third kappa shape index (κ3) is 4.54. The van der Waals surface area contributed by atoms with Crippen molar-refractivity contribution in [2.24, 2.45) is 0 Å². The van der Waals surface area contributed by atoms with Gasteiger partial charge in [-0.1, -0.05) is 22.8 Å². The first-order chi connectivity index (χ1) is 9.13. The normalized spacial score (nSPS) is 10.9. The van der Waals surface area contributed by atoms with Gasteiger partial charge in [-0.3, -0.25) is 4.90 Å².